The molecule has 0 heterocycles. The van der Waals surface area contributed by atoms with Crippen molar-refractivity contribution in [3.63, 3.8) is 0 Å². The molecule has 2 rings (SSSR count). The van der Waals surface area contributed by atoms with Crippen LogP contribution in [-0.2, 0) is 9.53 Å². The van der Waals surface area contributed by atoms with Gasteiger partial charge in [-0.2, -0.15) is 8.78 Å². The van der Waals surface area contributed by atoms with E-state index in [1.807, 2.05) is 0 Å². The summed E-state index contributed by atoms with van der Waals surface area (Å²) in [6, 6.07) is 4.68. The number of carbonyl (C=O) groups is 1. The molecule has 0 saturated heterocycles. The average Bonchev–Trinajstić information content (AvgIpc) is 2.59. The summed E-state index contributed by atoms with van der Waals surface area (Å²) in [6.07, 6.45) is 9.67. The monoisotopic (exact) mass is 338 g/mol. The number of halogens is 2. The maximum Gasteiger partial charge on any atom is 0.387 e. The van der Waals surface area contributed by atoms with Gasteiger partial charge >= 0.3 is 12.6 Å². The summed E-state index contributed by atoms with van der Waals surface area (Å²) in [5.41, 5.74) is 0.312. The fraction of sp³-hybridized carbons (Fsp3) is 0.389. The number of hydrogen-bond donors (Lipinski definition) is 0. The minimum absolute atomic E-state index is 0.114. The number of benzene rings is 1. The summed E-state index contributed by atoms with van der Waals surface area (Å²) in [4.78, 5) is 11.8. The third-order valence-corrected chi connectivity index (χ3v) is 3.67. The Morgan fingerprint density at radius 1 is 1.38 bits per heavy atom. The molecule has 0 radical (unpaired) electrons. The zero-order valence-electron chi connectivity index (χ0n) is 13.4. The normalized spacial score (nSPS) is 17.2. The van der Waals surface area contributed by atoms with E-state index in [9.17, 15) is 13.6 Å². The zero-order valence-corrected chi connectivity index (χ0v) is 13.4. The number of para-hydroxylation sites is 1. The summed E-state index contributed by atoms with van der Waals surface area (Å²) in [5.74, 6) is -0.131. The van der Waals surface area contributed by atoms with Crippen LogP contribution in [0.4, 0.5) is 8.78 Å². The molecule has 4 nitrogen and oxygen atoms in total. The summed E-state index contributed by atoms with van der Waals surface area (Å²) in [7, 11) is 1.36. The Hall–Kier alpha value is -2.37. The van der Waals surface area contributed by atoms with Crippen molar-refractivity contribution in [3.8, 4) is 11.5 Å². The maximum absolute atomic E-state index is 12.5. The smallest absolute Gasteiger partial charge is 0.387 e. The Morgan fingerprint density at radius 3 is 2.88 bits per heavy atom. The van der Waals surface area contributed by atoms with Crippen molar-refractivity contribution in [3.05, 3.63) is 42.0 Å². The zero-order chi connectivity index (χ0) is 17.4. The molecule has 0 amide bonds. The van der Waals surface area contributed by atoms with Gasteiger partial charge in [-0.3, -0.25) is 0 Å². The van der Waals surface area contributed by atoms with Gasteiger partial charge in [0.05, 0.1) is 13.7 Å². The van der Waals surface area contributed by atoms with Gasteiger partial charge < -0.3 is 14.2 Å². The molecule has 1 aliphatic carbocycles. The van der Waals surface area contributed by atoms with Crippen molar-refractivity contribution < 1.29 is 27.8 Å². The molecule has 1 unspecified atom stereocenters. The highest BCUT2D eigenvalue weighted by molar-refractivity contribution is 5.87. The van der Waals surface area contributed by atoms with E-state index in [4.69, 9.17) is 9.47 Å². The van der Waals surface area contributed by atoms with Crippen LogP contribution in [0.1, 0.15) is 24.8 Å². The number of alkyl halides is 2. The van der Waals surface area contributed by atoms with E-state index in [1.165, 1.54) is 25.3 Å². The van der Waals surface area contributed by atoms with Crippen LogP contribution in [0.3, 0.4) is 0 Å². The van der Waals surface area contributed by atoms with E-state index in [0.29, 0.717) is 18.1 Å². The Balaban J connectivity index is 1.99. The predicted molar refractivity (Wildman–Crippen MR) is 86.1 cm³/mol. The van der Waals surface area contributed by atoms with E-state index in [1.54, 1.807) is 12.1 Å². The lowest BCUT2D eigenvalue weighted by Crippen LogP contribution is -2.13. The molecule has 0 N–H and O–H groups in total. The highest BCUT2D eigenvalue weighted by Crippen LogP contribution is 2.33. The molecule has 1 aromatic rings. The fourth-order valence-corrected chi connectivity index (χ4v) is 2.45. The number of carbonyl (C=O) groups excluding carboxylic acids is 1. The molecular formula is C18H20F2O4. The summed E-state index contributed by atoms with van der Waals surface area (Å²) in [6.45, 7) is -2.63. The minimum atomic E-state index is -2.99. The molecule has 0 saturated carbocycles. The summed E-state index contributed by atoms with van der Waals surface area (Å²) >= 11 is 0. The van der Waals surface area contributed by atoms with Gasteiger partial charge in [0.2, 0.25) is 0 Å². The molecule has 0 aliphatic heterocycles. The third-order valence-electron chi connectivity index (χ3n) is 3.67. The van der Waals surface area contributed by atoms with Gasteiger partial charge in [0, 0.05) is 11.6 Å². The number of esters is 1. The fourth-order valence-electron chi connectivity index (χ4n) is 2.45. The first-order valence-corrected chi connectivity index (χ1v) is 7.71. The van der Waals surface area contributed by atoms with Crippen LogP contribution in [-0.4, -0.2) is 26.3 Å². The van der Waals surface area contributed by atoms with E-state index < -0.39 is 12.6 Å². The molecule has 0 fully saturated rings. The predicted octanol–water partition coefficient (Wildman–Crippen LogP) is 4.21. The number of allylic oxidation sites excluding steroid dienone is 2. The average molecular weight is 338 g/mol. The number of ether oxygens (including phenoxy) is 3. The van der Waals surface area contributed by atoms with Crippen molar-refractivity contribution in [1.82, 2.24) is 0 Å². The van der Waals surface area contributed by atoms with Gasteiger partial charge in [0.1, 0.15) is 0 Å². The van der Waals surface area contributed by atoms with E-state index in [0.717, 1.165) is 19.3 Å². The molecule has 6 heteroatoms. The van der Waals surface area contributed by atoms with Gasteiger partial charge in [-0.1, -0.05) is 24.3 Å². The molecule has 1 atom stereocenters. The lowest BCUT2D eigenvalue weighted by molar-refractivity contribution is -0.139. The van der Waals surface area contributed by atoms with Gasteiger partial charge in [-0.25, -0.2) is 4.79 Å². The Bertz CT molecular complexity index is 611. The second-order valence-electron chi connectivity index (χ2n) is 5.37. The van der Waals surface area contributed by atoms with Crippen molar-refractivity contribution in [2.24, 2.45) is 5.92 Å². The second-order valence-corrected chi connectivity index (χ2v) is 5.37. The van der Waals surface area contributed by atoms with Crippen LogP contribution < -0.4 is 9.47 Å². The molecule has 0 bridgehead atoms. The van der Waals surface area contributed by atoms with Gasteiger partial charge in [0.15, 0.2) is 11.5 Å². The maximum atomic E-state index is 12.5. The number of methoxy groups -OCH3 is 1. The first kappa shape index (κ1) is 18.0. The van der Waals surface area contributed by atoms with E-state index in [2.05, 4.69) is 16.9 Å². The Kier molecular flexibility index (Phi) is 6.78. The SMILES string of the molecule is COc1cccc(C=CC(=O)OCC2CC=CCC2)c1OC(F)F. The molecule has 130 valence electrons. The molecule has 0 aromatic heterocycles. The van der Waals surface area contributed by atoms with Crippen LogP contribution in [0, 0.1) is 5.92 Å². The van der Waals surface area contributed by atoms with Gasteiger partial charge in [-0.15, -0.1) is 0 Å². The largest absolute Gasteiger partial charge is 0.493 e. The van der Waals surface area contributed by atoms with Gasteiger partial charge in [0.25, 0.3) is 0 Å². The van der Waals surface area contributed by atoms with Gasteiger partial charge in [-0.05, 0) is 37.3 Å². The molecule has 0 spiro atoms. The standard InChI is InChI=1S/C18H20F2O4/c1-22-15-9-5-8-14(17(15)24-18(19)20)10-11-16(21)23-12-13-6-3-2-4-7-13/h2-3,5,8-11,13,18H,4,6-7,12H2,1H3. The first-order valence-electron chi connectivity index (χ1n) is 7.71. The topological polar surface area (TPSA) is 44.8 Å². The highest BCUT2D eigenvalue weighted by Gasteiger charge is 2.15. The number of hydrogen-bond acceptors (Lipinski definition) is 4. The molecular weight excluding hydrogens is 318 g/mol. The molecule has 1 aromatic carbocycles. The third kappa shape index (κ3) is 5.37. The van der Waals surface area contributed by atoms with Crippen molar-refractivity contribution in [1.29, 1.82) is 0 Å². The second kappa shape index (κ2) is 9.05. The van der Waals surface area contributed by atoms with Crippen LogP contribution in [0.15, 0.2) is 36.4 Å². The Labute approximate surface area is 139 Å². The quantitative estimate of drug-likeness (QED) is 0.424. The van der Waals surface area contributed by atoms with Crippen LogP contribution in [0.5, 0.6) is 11.5 Å². The minimum Gasteiger partial charge on any atom is -0.493 e. The first-order chi connectivity index (χ1) is 11.6. The summed E-state index contributed by atoms with van der Waals surface area (Å²) < 4.78 is 39.8. The van der Waals surface area contributed by atoms with Crippen molar-refractivity contribution in [2.45, 2.75) is 25.9 Å². The van der Waals surface area contributed by atoms with Crippen LogP contribution in [0.2, 0.25) is 0 Å². The number of rotatable bonds is 7. The lowest BCUT2D eigenvalue weighted by Gasteiger charge is -2.16. The van der Waals surface area contributed by atoms with Crippen LogP contribution >= 0.6 is 0 Å². The summed E-state index contributed by atoms with van der Waals surface area (Å²) in [5, 5.41) is 0. The van der Waals surface area contributed by atoms with E-state index in [-0.39, 0.29) is 11.5 Å². The Morgan fingerprint density at radius 2 is 2.21 bits per heavy atom. The lowest BCUT2D eigenvalue weighted by atomic mass is 9.95. The molecule has 1 aliphatic rings. The highest BCUT2D eigenvalue weighted by atomic mass is 19.3. The van der Waals surface area contributed by atoms with E-state index >= 15 is 0 Å². The van der Waals surface area contributed by atoms with Crippen molar-refractivity contribution >= 4 is 12.0 Å². The van der Waals surface area contributed by atoms with Crippen LogP contribution in [0.25, 0.3) is 6.08 Å². The van der Waals surface area contributed by atoms with Crippen molar-refractivity contribution in [2.75, 3.05) is 13.7 Å². The molecule has 24 heavy (non-hydrogen) atoms.